The zero-order valence-electron chi connectivity index (χ0n) is 12.2. The fraction of sp³-hybridized carbons (Fsp3) is 0.929. The highest BCUT2D eigenvalue weighted by Gasteiger charge is 2.41. The summed E-state index contributed by atoms with van der Waals surface area (Å²) in [6.07, 6.45) is 2.29. The molecule has 1 N–H and O–H groups in total. The van der Waals surface area contributed by atoms with Gasteiger partial charge in [0.05, 0.1) is 12.2 Å². The third-order valence-electron chi connectivity index (χ3n) is 3.57. The minimum absolute atomic E-state index is 0.00885. The van der Waals surface area contributed by atoms with Crippen LogP contribution in [0.2, 0.25) is 0 Å². The van der Waals surface area contributed by atoms with Crippen molar-refractivity contribution in [3.05, 3.63) is 0 Å². The van der Waals surface area contributed by atoms with E-state index in [4.69, 9.17) is 0 Å². The van der Waals surface area contributed by atoms with Gasteiger partial charge in [0.2, 0.25) is 5.91 Å². The highest BCUT2D eigenvalue weighted by molar-refractivity contribution is 5.84. The Morgan fingerprint density at radius 3 is 2.24 bits per heavy atom. The number of hydrogen-bond donors (Lipinski definition) is 1. The largest absolute Gasteiger partial charge is 0.323 e. The van der Waals surface area contributed by atoms with Crippen molar-refractivity contribution in [2.75, 3.05) is 0 Å². The number of nitrogens with one attached hydrogen (secondary N) is 1. The standard InChI is InChI=1S/C14H28N2O/c1-7-12-15-13(10(4)5)14(17)16(12)11(6)8-9(2)3/h9-13,15H,7-8H2,1-6H3. The summed E-state index contributed by atoms with van der Waals surface area (Å²) in [6, 6.07) is 0.346. The molecule has 0 aromatic carbocycles. The summed E-state index contributed by atoms with van der Waals surface area (Å²) in [6.45, 7) is 13.0. The minimum Gasteiger partial charge on any atom is -0.323 e. The Labute approximate surface area is 106 Å². The summed E-state index contributed by atoms with van der Waals surface area (Å²) in [4.78, 5) is 14.5. The van der Waals surface area contributed by atoms with E-state index in [1.54, 1.807) is 0 Å². The maximum Gasteiger partial charge on any atom is 0.241 e. The molecule has 0 saturated carbocycles. The van der Waals surface area contributed by atoms with Crippen molar-refractivity contribution in [2.24, 2.45) is 11.8 Å². The predicted octanol–water partition coefficient (Wildman–Crippen LogP) is 2.61. The molecule has 0 aromatic heterocycles. The Morgan fingerprint density at radius 2 is 1.82 bits per heavy atom. The van der Waals surface area contributed by atoms with Crippen molar-refractivity contribution >= 4 is 5.91 Å². The van der Waals surface area contributed by atoms with Gasteiger partial charge < -0.3 is 4.90 Å². The Kier molecular flexibility index (Phi) is 4.99. The summed E-state index contributed by atoms with van der Waals surface area (Å²) < 4.78 is 0. The molecule has 1 rings (SSSR count). The maximum atomic E-state index is 12.4. The molecule has 1 fully saturated rings. The van der Waals surface area contributed by atoms with Crippen LogP contribution in [0.3, 0.4) is 0 Å². The molecule has 3 atom stereocenters. The number of amides is 1. The number of carbonyl (C=O) groups is 1. The molecule has 1 amide bonds. The van der Waals surface area contributed by atoms with Crippen molar-refractivity contribution in [1.82, 2.24) is 10.2 Å². The van der Waals surface area contributed by atoms with E-state index in [-0.39, 0.29) is 12.2 Å². The smallest absolute Gasteiger partial charge is 0.241 e. The topological polar surface area (TPSA) is 32.3 Å². The van der Waals surface area contributed by atoms with Crippen molar-refractivity contribution in [3.63, 3.8) is 0 Å². The fourth-order valence-corrected chi connectivity index (χ4v) is 2.79. The quantitative estimate of drug-likeness (QED) is 0.801. The normalized spacial score (nSPS) is 27.3. The second-order valence-electron chi connectivity index (χ2n) is 6.04. The molecule has 3 heteroatoms. The molecule has 0 aromatic rings. The zero-order valence-corrected chi connectivity index (χ0v) is 12.2. The first-order valence-corrected chi connectivity index (χ1v) is 6.96. The third-order valence-corrected chi connectivity index (χ3v) is 3.57. The molecular weight excluding hydrogens is 212 g/mol. The molecule has 0 spiro atoms. The number of hydrogen-bond acceptors (Lipinski definition) is 2. The molecule has 3 unspecified atom stereocenters. The van der Waals surface area contributed by atoms with Gasteiger partial charge in [-0.1, -0.05) is 34.6 Å². The highest BCUT2D eigenvalue weighted by Crippen LogP contribution is 2.24. The average molecular weight is 240 g/mol. The van der Waals surface area contributed by atoms with E-state index < -0.39 is 0 Å². The Morgan fingerprint density at radius 1 is 1.24 bits per heavy atom. The van der Waals surface area contributed by atoms with Crippen LogP contribution in [0, 0.1) is 11.8 Å². The lowest BCUT2D eigenvalue weighted by Crippen LogP contribution is -2.43. The van der Waals surface area contributed by atoms with Crippen LogP contribution in [0.1, 0.15) is 54.4 Å². The lowest BCUT2D eigenvalue weighted by molar-refractivity contribution is -0.133. The van der Waals surface area contributed by atoms with E-state index in [9.17, 15) is 4.79 Å². The van der Waals surface area contributed by atoms with Crippen LogP contribution in [0.25, 0.3) is 0 Å². The lowest BCUT2D eigenvalue weighted by atomic mass is 10.0. The number of nitrogens with zero attached hydrogens (tertiary/aromatic N) is 1. The van der Waals surface area contributed by atoms with Crippen LogP contribution in [-0.2, 0) is 4.79 Å². The zero-order chi connectivity index (χ0) is 13.2. The molecular formula is C14H28N2O. The van der Waals surface area contributed by atoms with Gasteiger partial charge in [0, 0.05) is 6.04 Å². The van der Waals surface area contributed by atoms with E-state index in [1.807, 2.05) is 0 Å². The van der Waals surface area contributed by atoms with E-state index in [0.717, 1.165) is 12.8 Å². The van der Waals surface area contributed by atoms with Crippen LogP contribution in [0.4, 0.5) is 0 Å². The van der Waals surface area contributed by atoms with Crippen LogP contribution in [0.15, 0.2) is 0 Å². The summed E-state index contributed by atoms with van der Waals surface area (Å²) in [5.74, 6) is 1.29. The van der Waals surface area contributed by atoms with Gasteiger partial charge in [-0.05, 0) is 31.6 Å². The number of rotatable bonds is 5. The van der Waals surface area contributed by atoms with Crippen LogP contribution in [0.5, 0.6) is 0 Å². The first kappa shape index (κ1) is 14.5. The predicted molar refractivity (Wildman–Crippen MR) is 71.6 cm³/mol. The number of carbonyl (C=O) groups excluding carboxylic acids is 1. The SMILES string of the molecule is CCC1NC(C(C)C)C(=O)N1C(C)CC(C)C. The molecule has 17 heavy (non-hydrogen) atoms. The Hall–Kier alpha value is -0.570. The Balaban J connectivity index is 2.78. The van der Waals surface area contributed by atoms with Crippen LogP contribution < -0.4 is 5.32 Å². The molecule has 1 aliphatic rings. The first-order valence-electron chi connectivity index (χ1n) is 6.96. The molecule has 0 aliphatic carbocycles. The first-order chi connectivity index (χ1) is 7.88. The van der Waals surface area contributed by atoms with Gasteiger partial charge in [-0.15, -0.1) is 0 Å². The van der Waals surface area contributed by atoms with E-state index in [2.05, 4.69) is 51.8 Å². The van der Waals surface area contributed by atoms with Gasteiger partial charge in [0.15, 0.2) is 0 Å². The molecule has 1 aliphatic heterocycles. The van der Waals surface area contributed by atoms with Gasteiger partial charge in [-0.25, -0.2) is 0 Å². The van der Waals surface area contributed by atoms with Crippen molar-refractivity contribution in [1.29, 1.82) is 0 Å². The maximum absolute atomic E-state index is 12.4. The van der Waals surface area contributed by atoms with E-state index >= 15 is 0 Å². The highest BCUT2D eigenvalue weighted by atomic mass is 16.2. The van der Waals surface area contributed by atoms with Crippen molar-refractivity contribution in [3.8, 4) is 0 Å². The van der Waals surface area contributed by atoms with Gasteiger partial charge >= 0.3 is 0 Å². The van der Waals surface area contributed by atoms with Crippen LogP contribution in [-0.4, -0.2) is 29.1 Å². The van der Waals surface area contributed by atoms with Crippen LogP contribution >= 0.6 is 0 Å². The summed E-state index contributed by atoms with van der Waals surface area (Å²) in [5, 5.41) is 3.47. The molecule has 0 radical (unpaired) electrons. The monoisotopic (exact) mass is 240 g/mol. The molecule has 100 valence electrons. The molecule has 1 heterocycles. The second-order valence-corrected chi connectivity index (χ2v) is 6.04. The van der Waals surface area contributed by atoms with Gasteiger partial charge in [-0.3, -0.25) is 10.1 Å². The van der Waals surface area contributed by atoms with E-state index in [0.29, 0.717) is 23.8 Å². The summed E-state index contributed by atoms with van der Waals surface area (Å²) in [5.41, 5.74) is 0. The van der Waals surface area contributed by atoms with Gasteiger partial charge in [0.25, 0.3) is 0 Å². The molecule has 3 nitrogen and oxygen atoms in total. The van der Waals surface area contributed by atoms with Gasteiger partial charge in [-0.2, -0.15) is 0 Å². The molecule has 0 bridgehead atoms. The minimum atomic E-state index is 0.00885. The molecule has 1 saturated heterocycles. The van der Waals surface area contributed by atoms with Crippen molar-refractivity contribution < 1.29 is 4.79 Å². The van der Waals surface area contributed by atoms with E-state index in [1.165, 1.54) is 0 Å². The van der Waals surface area contributed by atoms with Gasteiger partial charge in [0.1, 0.15) is 0 Å². The van der Waals surface area contributed by atoms with Crippen molar-refractivity contribution in [2.45, 2.75) is 72.6 Å². The summed E-state index contributed by atoms with van der Waals surface area (Å²) in [7, 11) is 0. The third kappa shape index (κ3) is 3.21. The lowest BCUT2D eigenvalue weighted by Gasteiger charge is -2.31. The average Bonchev–Trinajstić information content (AvgIpc) is 2.54. The summed E-state index contributed by atoms with van der Waals surface area (Å²) >= 11 is 0. The second kappa shape index (κ2) is 5.85. The fourth-order valence-electron chi connectivity index (χ4n) is 2.79. The Bertz CT molecular complexity index is 263.